The summed E-state index contributed by atoms with van der Waals surface area (Å²) in [6, 6.07) is 13.5. The second kappa shape index (κ2) is 9.23. The van der Waals surface area contributed by atoms with Gasteiger partial charge in [-0.25, -0.2) is 0 Å². The Bertz CT molecular complexity index is 827. The maximum Gasteiger partial charge on any atom is 0.265 e. The van der Waals surface area contributed by atoms with E-state index in [1.165, 1.54) is 0 Å². The topological polar surface area (TPSA) is 88.4 Å². The van der Waals surface area contributed by atoms with Crippen molar-refractivity contribution in [1.82, 2.24) is 0 Å². The van der Waals surface area contributed by atoms with Crippen LogP contribution in [0.3, 0.4) is 0 Å². The summed E-state index contributed by atoms with van der Waals surface area (Å²) in [5.74, 6) is 0.459. The first-order chi connectivity index (χ1) is 12.6. The molecule has 6 heteroatoms. The molecule has 0 aliphatic heterocycles. The van der Waals surface area contributed by atoms with E-state index in [-0.39, 0.29) is 5.75 Å². The fourth-order valence-electron chi connectivity index (χ4n) is 2.18. The van der Waals surface area contributed by atoms with Crippen LogP contribution < -0.4 is 14.8 Å². The number of nitriles is 1. The van der Waals surface area contributed by atoms with Gasteiger partial charge in [0.25, 0.3) is 5.91 Å². The van der Waals surface area contributed by atoms with E-state index in [2.05, 4.69) is 5.32 Å². The Morgan fingerprint density at radius 3 is 2.81 bits per heavy atom. The zero-order valence-electron chi connectivity index (χ0n) is 14.7. The Balaban J connectivity index is 2.09. The first kappa shape index (κ1) is 19.0. The molecule has 0 spiro atoms. The molecule has 0 fully saturated rings. The van der Waals surface area contributed by atoms with Crippen LogP contribution in [0.25, 0.3) is 0 Å². The highest BCUT2D eigenvalue weighted by molar-refractivity contribution is 5.94. The third kappa shape index (κ3) is 5.08. The number of rotatable bonds is 8. The van der Waals surface area contributed by atoms with Crippen molar-refractivity contribution in [2.45, 2.75) is 26.4 Å². The summed E-state index contributed by atoms with van der Waals surface area (Å²) in [6.45, 7) is 4.12. The quantitative estimate of drug-likeness (QED) is 0.734. The Labute approximate surface area is 152 Å². The van der Waals surface area contributed by atoms with Crippen LogP contribution >= 0.6 is 0 Å². The SMILES string of the molecule is CCCOc1ccc(C=O)c(O[C@H](C)C(=O)Nc2cccc(C#N)c2)c1. The lowest BCUT2D eigenvalue weighted by Crippen LogP contribution is -2.30. The second-order valence-corrected chi connectivity index (χ2v) is 5.61. The predicted molar refractivity (Wildman–Crippen MR) is 97.5 cm³/mol. The number of benzene rings is 2. The van der Waals surface area contributed by atoms with E-state index in [4.69, 9.17) is 14.7 Å². The van der Waals surface area contributed by atoms with Crippen LogP contribution in [0.2, 0.25) is 0 Å². The molecule has 0 heterocycles. The number of hydrogen-bond acceptors (Lipinski definition) is 5. The maximum atomic E-state index is 12.3. The lowest BCUT2D eigenvalue weighted by molar-refractivity contribution is -0.122. The molecule has 2 aromatic rings. The van der Waals surface area contributed by atoms with Gasteiger partial charge in [0.15, 0.2) is 12.4 Å². The number of nitrogens with zero attached hydrogens (tertiary/aromatic N) is 1. The van der Waals surface area contributed by atoms with Crippen LogP contribution in [0.5, 0.6) is 11.5 Å². The van der Waals surface area contributed by atoms with E-state index in [0.29, 0.717) is 35.5 Å². The molecule has 0 unspecified atom stereocenters. The number of ether oxygens (including phenoxy) is 2. The number of carbonyl (C=O) groups is 2. The largest absolute Gasteiger partial charge is 0.493 e. The van der Waals surface area contributed by atoms with Gasteiger partial charge >= 0.3 is 0 Å². The second-order valence-electron chi connectivity index (χ2n) is 5.61. The predicted octanol–water partition coefficient (Wildman–Crippen LogP) is 3.57. The molecular weight excluding hydrogens is 332 g/mol. The molecular formula is C20H20N2O4. The van der Waals surface area contributed by atoms with E-state index in [1.807, 2.05) is 13.0 Å². The third-order valence-corrected chi connectivity index (χ3v) is 3.52. The van der Waals surface area contributed by atoms with E-state index >= 15 is 0 Å². The van der Waals surface area contributed by atoms with Gasteiger partial charge in [0.2, 0.25) is 0 Å². The van der Waals surface area contributed by atoms with Gasteiger partial charge in [-0.2, -0.15) is 5.26 Å². The van der Waals surface area contributed by atoms with Crippen LogP contribution in [0.4, 0.5) is 5.69 Å². The standard InChI is InChI=1S/C20H20N2O4/c1-3-9-25-18-8-7-16(13-23)19(11-18)26-14(2)20(24)22-17-6-4-5-15(10-17)12-21/h4-8,10-11,13-14H,3,9H2,1-2H3,(H,22,24)/t14-/m1/s1. The zero-order valence-corrected chi connectivity index (χ0v) is 14.7. The Morgan fingerprint density at radius 2 is 2.12 bits per heavy atom. The van der Waals surface area contributed by atoms with E-state index in [9.17, 15) is 9.59 Å². The van der Waals surface area contributed by atoms with Crippen molar-refractivity contribution in [2.75, 3.05) is 11.9 Å². The van der Waals surface area contributed by atoms with Gasteiger partial charge in [0.05, 0.1) is 23.8 Å². The van der Waals surface area contributed by atoms with Crippen molar-refractivity contribution in [1.29, 1.82) is 5.26 Å². The third-order valence-electron chi connectivity index (χ3n) is 3.52. The summed E-state index contributed by atoms with van der Waals surface area (Å²) in [4.78, 5) is 23.5. The molecule has 2 rings (SSSR count). The van der Waals surface area contributed by atoms with Gasteiger partial charge in [0, 0.05) is 11.8 Å². The normalized spacial score (nSPS) is 11.1. The summed E-state index contributed by atoms with van der Waals surface area (Å²) >= 11 is 0. The first-order valence-electron chi connectivity index (χ1n) is 8.27. The molecule has 0 aliphatic rings. The molecule has 0 saturated heterocycles. The van der Waals surface area contributed by atoms with Crippen LogP contribution in [-0.2, 0) is 4.79 Å². The molecule has 134 valence electrons. The lowest BCUT2D eigenvalue weighted by atomic mass is 10.2. The first-order valence-corrected chi connectivity index (χ1v) is 8.27. The van der Waals surface area contributed by atoms with Crippen LogP contribution in [0, 0.1) is 11.3 Å². The van der Waals surface area contributed by atoms with Gasteiger partial charge in [-0.15, -0.1) is 0 Å². The number of aldehydes is 1. The van der Waals surface area contributed by atoms with Crippen LogP contribution in [0.1, 0.15) is 36.2 Å². The summed E-state index contributed by atoms with van der Waals surface area (Å²) in [7, 11) is 0. The molecule has 0 radical (unpaired) electrons. The number of carbonyl (C=O) groups excluding carboxylic acids is 2. The molecule has 6 nitrogen and oxygen atoms in total. The maximum absolute atomic E-state index is 12.3. The van der Waals surface area contributed by atoms with E-state index in [1.54, 1.807) is 49.4 Å². The average molecular weight is 352 g/mol. The summed E-state index contributed by atoms with van der Waals surface area (Å²) in [5.41, 5.74) is 1.28. The molecule has 1 atom stereocenters. The average Bonchev–Trinajstić information content (AvgIpc) is 2.66. The number of anilines is 1. The zero-order chi connectivity index (χ0) is 18.9. The smallest absolute Gasteiger partial charge is 0.265 e. The van der Waals surface area contributed by atoms with E-state index < -0.39 is 12.0 Å². The van der Waals surface area contributed by atoms with Crippen LogP contribution in [0.15, 0.2) is 42.5 Å². The monoisotopic (exact) mass is 352 g/mol. The molecule has 26 heavy (non-hydrogen) atoms. The Hall–Kier alpha value is -3.33. The van der Waals surface area contributed by atoms with E-state index in [0.717, 1.165) is 6.42 Å². The van der Waals surface area contributed by atoms with Gasteiger partial charge in [-0.3, -0.25) is 9.59 Å². The molecule has 0 aromatic heterocycles. The highest BCUT2D eigenvalue weighted by Gasteiger charge is 2.17. The summed E-state index contributed by atoms with van der Waals surface area (Å²) in [5, 5.41) is 11.6. The van der Waals surface area contributed by atoms with Gasteiger partial charge in [0.1, 0.15) is 11.5 Å². The van der Waals surface area contributed by atoms with Crippen molar-refractivity contribution < 1.29 is 19.1 Å². The molecule has 1 amide bonds. The fraction of sp³-hybridized carbons (Fsp3) is 0.250. The van der Waals surface area contributed by atoms with Crippen molar-refractivity contribution in [3.8, 4) is 17.6 Å². The summed E-state index contributed by atoms with van der Waals surface area (Å²) in [6.07, 6.45) is 0.674. The minimum atomic E-state index is -0.846. The number of nitrogens with one attached hydrogen (secondary N) is 1. The van der Waals surface area contributed by atoms with Gasteiger partial charge < -0.3 is 14.8 Å². The minimum Gasteiger partial charge on any atom is -0.493 e. The van der Waals surface area contributed by atoms with Crippen molar-refractivity contribution in [3.05, 3.63) is 53.6 Å². The van der Waals surface area contributed by atoms with Crippen molar-refractivity contribution in [3.63, 3.8) is 0 Å². The van der Waals surface area contributed by atoms with Crippen molar-refractivity contribution in [2.24, 2.45) is 0 Å². The Kier molecular flexibility index (Phi) is 6.75. The lowest BCUT2D eigenvalue weighted by Gasteiger charge is -2.17. The summed E-state index contributed by atoms with van der Waals surface area (Å²) < 4.78 is 11.2. The number of hydrogen-bond donors (Lipinski definition) is 1. The Morgan fingerprint density at radius 1 is 1.31 bits per heavy atom. The van der Waals surface area contributed by atoms with Gasteiger partial charge in [-0.1, -0.05) is 13.0 Å². The van der Waals surface area contributed by atoms with Crippen LogP contribution in [-0.4, -0.2) is 24.9 Å². The molecule has 2 aromatic carbocycles. The fourth-order valence-corrected chi connectivity index (χ4v) is 2.18. The molecule has 0 bridgehead atoms. The highest BCUT2D eigenvalue weighted by Crippen LogP contribution is 2.25. The molecule has 0 aliphatic carbocycles. The highest BCUT2D eigenvalue weighted by atomic mass is 16.5. The molecule has 1 N–H and O–H groups in total. The van der Waals surface area contributed by atoms with Gasteiger partial charge in [-0.05, 0) is 43.7 Å². The number of amides is 1. The molecule has 0 saturated carbocycles. The minimum absolute atomic E-state index is 0.280. The van der Waals surface area contributed by atoms with Crippen molar-refractivity contribution >= 4 is 17.9 Å².